The highest BCUT2D eigenvalue weighted by molar-refractivity contribution is 5.79. The minimum atomic E-state index is -0.201. The van der Waals surface area contributed by atoms with Crippen molar-refractivity contribution in [2.24, 2.45) is 5.92 Å². The van der Waals surface area contributed by atoms with Gasteiger partial charge in [-0.25, -0.2) is 0 Å². The molecule has 0 aromatic heterocycles. The molecule has 0 N–H and O–H groups in total. The molecule has 13 nitrogen and oxygen atoms in total. The van der Waals surface area contributed by atoms with Crippen molar-refractivity contribution in [1.29, 1.82) is 0 Å². The molecule has 2 unspecified atom stereocenters. The van der Waals surface area contributed by atoms with Gasteiger partial charge in [0, 0.05) is 98.7 Å². The van der Waals surface area contributed by atoms with Gasteiger partial charge in [-0.2, -0.15) is 0 Å². The zero-order chi connectivity index (χ0) is 33.6. The molecule has 266 valence electrons. The van der Waals surface area contributed by atoms with Crippen LogP contribution in [0.25, 0.3) is 0 Å². The number of carbonyl (C=O) groups is 4. The van der Waals surface area contributed by atoms with E-state index in [1.165, 1.54) is 0 Å². The first-order valence-electron chi connectivity index (χ1n) is 17.2. The second-order valence-corrected chi connectivity index (χ2v) is 12.5. The number of rotatable bonds is 24. The maximum atomic E-state index is 12.3. The number of ketones is 1. The van der Waals surface area contributed by atoms with Gasteiger partial charge in [-0.1, -0.05) is 13.8 Å². The van der Waals surface area contributed by atoms with Crippen molar-refractivity contribution in [3.05, 3.63) is 0 Å². The lowest BCUT2D eigenvalue weighted by molar-refractivity contribution is -0.149. The van der Waals surface area contributed by atoms with Crippen LogP contribution in [0.5, 0.6) is 0 Å². The lowest BCUT2D eigenvalue weighted by Crippen LogP contribution is -2.47. The van der Waals surface area contributed by atoms with E-state index in [4.69, 9.17) is 23.7 Å². The van der Waals surface area contributed by atoms with Gasteiger partial charge in [0.25, 0.3) is 0 Å². The second-order valence-electron chi connectivity index (χ2n) is 12.5. The van der Waals surface area contributed by atoms with Crippen LogP contribution in [0, 0.1) is 5.92 Å². The Bertz CT molecular complexity index is 877. The summed E-state index contributed by atoms with van der Waals surface area (Å²) in [6, 6.07) is 0. The van der Waals surface area contributed by atoms with Crippen molar-refractivity contribution >= 4 is 23.7 Å². The fraction of sp³-hybridized carbons (Fsp3) is 0.879. The van der Waals surface area contributed by atoms with E-state index in [1.54, 1.807) is 7.11 Å². The molecule has 2 rings (SSSR count). The lowest BCUT2D eigenvalue weighted by atomic mass is 10.1. The van der Waals surface area contributed by atoms with Crippen LogP contribution in [-0.4, -0.2) is 168 Å². The van der Waals surface area contributed by atoms with Crippen molar-refractivity contribution in [3.8, 4) is 0 Å². The van der Waals surface area contributed by atoms with Crippen molar-refractivity contribution in [1.82, 2.24) is 19.6 Å². The highest BCUT2D eigenvalue weighted by Gasteiger charge is 2.20. The molecule has 0 amide bonds. The molecule has 2 saturated heterocycles. The summed E-state index contributed by atoms with van der Waals surface area (Å²) >= 11 is 0. The van der Waals surface area contributed by atoms with Gasteiger partial charge in [0.1, 0.15) is 13.2 Å². The normalized spacial score (nSPS) is 18.2. The number of Topliss-reactive ketones (excluding diaryl/α,β-unsaturated/α-hetero) is 1. The highest BCUT2D eigenvalue weighted by Crippen LogP contribution is 2.08. The largest absolute Gasteiger partial charge is 0.466 e. The van der Waals surface area contributed by atoms with Crippen LogP contribution in [0.1, 0.15) is 59.3 Å². The molecule has 0 aromatic rings. The Morgan fingerprint density at radius 1 is 0.630 bits per heavy atom. The number of piperazine rings is 2. The SMILES string of the molecule is CCC(C)OC(=O)CCN1CCN(CCC(=O)OCCC(C)COCC(=O)CCN2CCN(CCC(=O)OCCOC)CC2)CC1. The number of hydrogen-bond donors (Lipinski definition) is 0. The van der Waals surface area contributed by atoms with E-state index in [9.17, 15) is 19.2 Å². The number of carbonyl (C=O) groups excluding carboxylic acids is 4. The number of hydrogen-bond acceptors (Lipinski definition) is 13. The summed E-state index contributed by atoms with van der Waals surface area (Å²) in [5.41, 5.74) is 0. The fourth-order valence-electron chi connectivity index (χ4n) is 5.16. The van der Waals surface area contributed by atoms with Crippen LogP contribution in [0.15, 0.2) is 0 Å². The van der Waals surface area contributed by atoms with Crippen molar-refractivity contribution < 1.29 is 42.9 Å². The molecule has 2 heterocycles. The van der Waals surface area contributed by atoms with Gasteiger partial charge < -0.3 is 43.3 Å². The maximum absolute atomic E-state index is 12.3. The molecule has 0 spiro atoms. The van der Waals surface area contributed by atoms with E-state index >= 15 is 0 Å². The van der Waals surface area contributed by atoms with Gasteiger partial charge in [0.2, 0.25) is 0 Å². The summed E-state index contributed by atoms with van der Waals surface area (Å²) in [4.78, 5) is 57.3. The van der Waals surface area contributed by atoms with Gasteiger partial charge >= 0.3 is 17.9 Å². The molecule has 0 aliphatic carbocycles. The predicted octanol–water partition coefficient (Wildman–Crippen LogP) is 1.47. The fourth-order valence-corrected chi connectivity index (χ4v) is 5.16. The number of methoxy groups -OCH3 is 1. The van der Waals surface area contributed by atoms with Gasteiger partial charge in [-0.05, 0) is 25.7 Å². The Labute approximate surface area is 276 Å². The molecular formula is C33H60N4O9. The average Bonchev–Trinajstić information content (AvgIpc) is 3.05. The molecule has 0 radical (unpaired) electrons. The predicted molar refractivity (Wildman–Crippen MR) is 173 cm³/mol. The third-order valence-electron chi connectivity index (χ3n) is 8.53. The third-order valence-corrected chi connectivity index (χ3v) is 8.53. The smallest absolute Gasteiger partial charge is 0.307 e. The quantitative estimate of drug-likeness (QED) is 0.0846. The molecule has 46 heavy (non-hydrogen) atoms. The Morgan fingerprint density at radius 2 is 1.09 bits per heavy atom. The Morgan fingerprint density at radius 3 is 1.57 bits per heavy atom. The summed E-state index contributed by atoms with van der Waals surface area (Å²) in [6.07, 6.45) is 3.09. The van der Waals surface area contributed by atoms with Crippen molar-refractivity contribution in [2.45, 2.75) is 65.4 Å². The molecule has 0 aromatic carbocycles. The Kier molecular flexibility index (Phi) is 20.9. The Hall–Kier alpha value is -2.16. The summed E-state index contributed by atoms with van der Waals surface area (Å²) in [5.74, 6) is -0.265. The van der Waals surface area contributed by atoms with Gasteiger partial charge in [-0.15, -0.1) is 0 Å². The zero-order valence-corrected chi connectivity index (χ0v) is 28.9. The summed E-state index contributed by atoms with van der Waals surface area (Å²) in [7, 11) is 1.57. The molecule has 0 saturated carbocycles. The molecule has 13 heteroatoms. The first-order chi connectivity index (χ1) is 22.2. The third kappa shape index (κ3) is 18.9. The highest BCUT2D eigenvalue weighted by atomic mass is 16.6. The van der Waals surface area contributed by atoms with E-state index < -0.39 is 0 Å². The minimum Gasteiger partial charge on any atom is -0.466 e. The summed E-state index contributed by atoms with van der Waals surface area (Å²) < 4.78 is 26.4. The first-order valence-corrected chi connectivity index (χ1v) is 17.2. The topological polar surface area (TPSA) is 127 Å². The van der Waals surface area contributed by atoms with Crippen LogP contribution in [0.4, 0.5) is 0 Å². The number of esters is 3. The molecule has 2 atom stereocenters. The minimum absolute atomic E-state index is 0.0313. The maximum Gasteiger partial charge on any atom is 0.307 e. The molecule has 2 aliphatic rings. The van der Waals surface area contributed by atoms with E-state index in [-0.39, 0.29) is 48.9 Å². The van der Waals surface area contributed by atoms with Gasteiger partial charge in [0.15, 0.2) is 5.78 Å². The summed E-state index contributed by atoms with van der Waals surface area (Å²) in [6.45, 7) is 17.3. The van der Waals surface area contributed by atoms with Crippen LogP contribution in [0.3, 0.4) is 0 Å². The first kappa shape index (κ1) is 40.0. The van der Waals surface area contributed by atoms with Crippen molar-refractivity contribution in [2.75, 3.05) is 119 Å². The number of nitrogens with zero attached hydrogens (tertiary/aromatic N) is 4. The zero-order valence-electron chi connectivity index (χ0n) is 28.9. The van der Waals surface area contributed by atoms with E-state index in [2.05, 4.69) is 19.6 Å². The summed E-state index contributed by atoms with van der Waals surface area (Å²) in [5, 5.41) is 0. The van der Waals surface area contributed by atoms with Crippen molar-refractivity contribution in [3.63, 3.8) is 0 Å². The molecule has 2 fully saturated rings. The van der Waals surface area contributed by atoms with Crippen LogP contribution >= 0.6 is 0 Å². The van der Waals surface area contributed by atoms with E-state index in [1.807, 2.05) is 20.8 Å². The standard InChI is InChI=1S/C33H60N4O9/c1-5-29(3)46-33(41)9-14-37-21-19-35(20-22-37)12-7-31(39)44-23-10-28(2)26-43-27-30(38)6-11-34-15-17-36(18-16-34)13-8-32(40)45-25-24-42-4/h28-29H,5-27H2,1-4H3. The lowest BCUT2D eigenvalue weighted by Gasteiger charge is -2.34. The van der Waals surface area contributed by atoms with Crippen LogP contribution < -0.4 is 0 Å². The number of ether oxygens (including phenoxy) is 5. The van der Waals surface area contributed by atoms with E-state index in [0.29, 0.717) is 78.1 Å². The van der Waals surface area contributed by atoms with E-state index in [0.717, 1.165) is 58.8 Å². The molecule has 0 bridgehead atoms. The van der Waals surface area contributed by atoms with Crippen LogP contribution in [0.2, 0.25) is 0 Å². The monoisotopic (exact) mass is 656 g/mol. The van der Waals surface area contributed by atoms with Crippen LogP contribution in [-0.2, 0) is 42.9 Å². The van der Waals surface area contributed by atoms with Gasteiger partial charge in [0.05, 0.1) is 38.6 Å². The average molecular weight is 657 g/mol. The molecular weight excluding hydrogens is 596 g/mol. The van der Waals surface area contributed by atoms with Gasteiger partial charge in [-0.3, -0.25) is 19.2 Å². The molecule has 2 aliphatic heterocycles. The Balaban J connectivity index is 1.42. The second kappa shape index (κ2) is 24.1.